The van der Waals surface area contributed by atoms with Crippen molar-refractivity contribution in [1.82, 2.24) is 0 Å². The number of nitrogens with one attached hydrogen (secondary N) is 1. The summed E-state index contributed by atoms with van der Waals surface area (Å²) in [5.74, 6) is 0.212. The molecule has 1 aliphatic heterocycles. The van der Waals surface area contributed by atoms with Crippen LogP contribution in [0.3, 0.4) is 0 Å². The van der Waals surface area contributed by atoms with Crippen LogP contribution in [0.1, 0.15) is 35.3 Å². The van der Waals surface area contributed by atoms with Crippen LogP contribution in [0.15, 0.2) is 30.3 Å². The number of carbonyl (C=O) groups is 2. The summed E-state index contributed by atoms with van der Waals surface area (Å²) in [4.78, 5) is 24.8. The summed E-state index contributed by atoms with van der Waals surface area (Å²) < 4.78 is 21.5. The molecule has 1 aliphatic rings. The van der Waals surface area contributed by atoms with Gasteiger partial charge in [-0.2, -0.15) is 0 Å². The Labute approximate surface area is 169 Å². The van der Waals surface area contributed by atoms with E-state index < -0.39 is 18.5 Å². The van der Waals surface area contributed by atoms with Crippen molar-refractivity contribution in [2.75, 3.05) is 32.2 Å². The zero-order valence-electron chi connectivity index (χ0n) is 16.9. The Balaban J connectivity index is 1.68. The third-order valence-corrected chi connectivity index (χ3v) is 4.66. The first-order chi connectivity index (χ1) is 14.1. The molecule has 1 amide bonds. The lowest BCUT2D eigenvalue weighted by Crippen LogP contribution is -2.22. The monoisotopic (exact) mass is 399 g/mol. The maximum atomic E-state index is 12.4. The van der Waals surface area contributed by atoms with Gasteiger partial charge in [0.15, 0.2) is 18.1 Å². The highest BCUT2D eigenvalue weighted by Crippen LogP contribution is 2.40. The van der Waals surface area contributed by atoms with Crippen LogP contribution in [-0.4, -0.2) is 38.8 Å². The van der Waals surface area contributed by atoms with Crippen molar-refractivity contribution < 1.29 is 28.5 Å². The van der Waals surface area contributed by atoms with Gasteiger partial charge in [0.25, 0.3) is 5.91 Å². The summed E-state index contributed by atoms with van der Waals surface area (Å²) in [7, 11) is 1.48. The zero-order valence-corrected chi connectivity index (χ0v) is 16.9. The van der Waals surface area contributed by atoms with Crippen LogP contribution in [-0.2, 0) is 22.4 Å². The van der Waals surface area contributed by atoms with Crippen LogP contribution in [0.5, 0.6) is 17.2 Å². The van der Waals surface area contributed by atoms with Gasteiger partial charge in [-0.15, -0.1) is 0 Å². The number of hydrogen-bond donors (Lipinski definition) is 1. The van der Waals surface area contributed by atoms with Gasteiger partial charge >= 0.3 is 5.97 Å². The third-order valence-electron chi connectivity index (χ3n) is 4.66. The second kappa shape index (κ2) is 9.32. The van der Waals surface area contributed by atoms with E-state index in [9.17, 15) is 9.59 Å². The van der Waals surface area contributed by atoms with Crippen molar-refractivity contribution in [2.45, 2.75) is 26.7 Å². The minimum atomic E-state index is -0.644. The Morgan fingerprint density at radius 1 is 1.07 bits per heavy atom. The molecule has 29 heavy (non-hydrogen) atoms. The van der Waals surface area contributed by atoms with E-state index in [-0.39, 0.29) is 5.56 Å². The number of ether oxygens (including phenoxy) is 4. The number of anilines is 1. The third kappa shape index (κ3) is 4.62. The molecule has 3 rings (SSSR count). The lowest BCUT2D eigenvalue weighted by Gasteiger charge is -2.21. The Morgan fingerprint density at radius 3 is 2.41 bits per heavy atom. The predicted octanol–water partition coefficient (Wildman–Crippen LogP) is 3.39. The van der Waals surface area contributed by atoms with E-state index >= 15 is 0 Å². The van der Waals surface area contributed by atoms with Crippen molar-refractivity contribution in [3.63, 3.8) is 0 Å². The summed E-state index contributed by atoms with van der Waals surface area (Å²) in [5, 5.41) is 2.87. The number of amides is 1. The number of fused-ring (bicyclic) bond motifs is 1. The molecule has 0 radical (unpaired) electrons. The Bertz CT molecular complexity index is 869. The van der Waals surface area contributed by atoms with E-state index in [4.69, 9.17) is 18.9 Å². The normalized spacial score (nSPS) is 12.2. The maximum Gasteiger partial charge on any atom is 0.338 e. The highest BCUT2D eigenvalue weighted by Gasteiger charge is 2.22. The average molecular weight is 399 g/mol. The molecule has 0 saturated carbocycles. The van der Waals surface area contributed by atoms with Crippen LogP contribution in [0.25, 0.3) is 0 Å². The highest BCUT2D eigenvalue weighted by atomic mass is 16.6. The van der Waals surface area contributed by atoms with Crippen LogP contribution < -0.4 is 19.5 Å². The topological polar surface area (TPSA) is 83.1 Å². The molecule has 0 atom stereocenters. The smallest absolute Gasteiger partial charge is 0.338 e. The number of rotatable bonds is 7. The number of esters is 1. The van der Waals surface area contributed by atoms with E-state index in [1.165, 1.54) is 19.2 Å². The molecule has 154 valence electrons. The Kier molecular flexibility index (Phi) is 6.59. The van der Waals surface area contributed by atoms with Gasteiger partial charge in [-0.25, -0.2) is 4.79 Å². The SMILES string of the molecule is CCc1cccc(CC)c1NC(=O)COC(=O)c1cc(OC)c2c(c1)OCCO2. The quantitative estimate of drug-likeness (QED) is 0.719. The molecule has 0 aromatic heterocycles. The number of carbonyl (C=O) groups excluding carboxylic acids is 2. The fourth-order valence-electron chi connectivity index (χ4n) is 3.18. The Morgan fingerprint density at radius 2 is 1.76 bits per heavy atom. The summed E-state index contributed by atoms with van der Waals surface area (Å²) in [6, 6.07) is 8.96. The summed E-state index contributed by atoms with van der Waals surface area (Å²) in [5.41, 5.74) is 3.10. The van der Waals surface area contributed by atoms with Gasteiger partial charge in [-0.05, 0) is 36.1 Å². The average Bonchev–Trinajstić information content (AvgIpc) is 2.76. The first kappa shape index (κ1) is 20.5. The van der Waals surface area contributed by atoms with Crippen LogP contribution in [0.2, 0.25) is 0 Å². The first-order valence-electron chi connectivity index (χ1n) is 9.62. The Hall–Kier alpha value is -3.22. The van der Waals surface area contributed by atoms with E-state index in [0.29, 0.717) is 30.5 Å². The molecule has 2 aromatic carbocycles. The van der Waals surface area contributed by atoms with E-state index in [1.807, 2.05) is 32.0 Å². The molecule has 0 saturated heterocycles. The molecule has 0 fully saturated rings. The van der Waals surface area contributed by atoms with Gasteiger partial charge < -0.3 is 24.3 Å². The van der Waals surface area contributed by atoms with Crippen molar-refractivity contribution >= 4 is 17.6 Å². The molecule has 1 heterocycles. The fraction of sp³-hybridized carbons (Fsp3) is 0.364. The second-order valence-electron chi connectivity index (χ2n) is 6.49. The molecule has 2 aromatic rings. The molecule has 1 N–H and O–H groups in total. The standard InChI is InChI=1S/C22H25NO6/c1-4-14-7-6-8-15(5-2)20(14)23-19(24)13-29-22(25)16-11-17(26-3)21-18(12-16)27-9-10-28-21/h6-8,11-12H,4-5,9-10,13H2,1-3H3,(H,23,24). The molecule has 0 spiro atoms. The van der Waals surface area contributed by atoms with Crippen LogP contribution in [0.4, 0.5) is 5.69 Å². The largest absolute Gasteiger partial charge is 0.493 e. The highest BCUT2D eigenvalue weighted by molar-refractivity contribution is 5.97. The molecule has 0 unspecified atom stereocenters. The van der Waals surface area contributed by atoms with Crippen LogP contribution in [0, 0.1) is 0 Å². The van der Waals surface area contributed by atoms with Crippen molar-refractivity contribution in [1.29, 1.82) is 0 Å². The lowest BCUT2D eigenvalue weighted by molar-refractivity contribution is -0.119. The summed E-state index contributed by atoms with van der Waals surface area (Å²) >= 11 is 0. The first-order valence-corrected chi connectivity index (χ1v) is 9.62. The van der Waals surface area contributed by atoms with E-state index in [0.717, 1.165) is 29.7 Å². The van der Waals surface area contributed by atoms with Crippen LogP contribution >= 0.6 is 0 Å². The van der Waals surface area contributed by atoms with Crippen molar-refractivity contribution in [2.24, 2.45) is 0 Å². The van der Waals surface area contributed by atoms with E-state index in [1.54, 1.807) is 0 Å². The second-order valence-corrected chi connectivity index (χ2v) is 6.49. The van der Waals surface area contributed by atoms with E-state index in [2.05, 4.69) is 5.32 Å². The number of hydrogen-bond acceptors (Lipinski definition) is 6. The molecule has 0 aliphatic carbocycles. The lowest BCUT2D eigenvalue weighted by atomic mass is 10.0. The van der Waals surface area contributed by atoms with Crippen molar-refractivity contribution in [3.8, 4) is 17.2 Å². The summed E-state index contributed by atoms with van der Waals surface area (Å²) in [6.07, 6.45) is 1.58. The number of para-hydroxylation sites is 1. The number of benzene rings is 2. The van der Waals surface area contributed by atoms with Crippen molar-refractivity contribution in [3.05, 3.63) is 47.0 Å². The van der Waals surface area contributed by atoms with Gasteiger partial charge in [0.2, 0.25) is 5.75 Å². The minimum absolute atomic E-state index is 0.224. The number of aryl methyl sites for hydroxylation is 2. The maximum absolute atomic E-state index is 12.4. The fourth-order valence-corrected chi connectivity index (χ4v) is 3.18. The molecule has 0 bridgehead atoms. The molecular formula is C22H25NO6. The van der Waals surface area contributed by atoms with Gasteiger partial charge in [0.1, 0.15) is 13.2 Å². The zero-order chi connectivity index (χ0) is 20.8. The summed E-state index contributed by atoms with van der Waals surface area (Å²) in [6.45, 7) is 4.45. The van der Waals surface area contributed by atoms with Gasteiger partial charge in [0, 0.05) is 5.69 Å². The molecule has 7 nitrogen and oxygen atoms in total. The molecular weight excluding hydrogens is 374 g/mol. The predicted molar refractivity (Wildman–Crippen MR) is 108 cm³/mol. The van der Waals surface area contributed by atoms with Gasteiger partial charge in [0.05, 0.1) is 12.7 Å². The van der Waals surface area contributed by atoms with Gasteiger partial charge in [-0.3, -0.25) is 4.79 Å². The molecule has 7 heteroatoms. The van der Waals surface area contributed by atoms with Gasteiger partial charge in [-0.1, -0.05) is 32.0 Å². The number of methoxy groups -OCH3 is 1. The minimum Gasteiger partial charge on any atom is -0.493 e.